The molecule has 1 atom stereocenters. The fourth-order valence-corrected chi connectivity index (χ4v) is 1.34. The van der Waals surface area contributed by atoms with E-state index >= 15 is 0 Å². The van der Waals surface area contributed by atoms with Gasteiger partial charge in [0.15, 0.2) is 0 Å². The van der Waals surface area contributed by atoms with Gasteiger partial charge in [0.25, 0.3) is 0 Å². The third-order valence-electron chi connectivity index (χ3n) is 1.76. The number of nitrogens with two attached hydrogens (primary N) is 1. The van der Waals surface area contributed by atoms with E-state index < -0.39 is 0 Å². The first-order chi connectivity index (χ1) is 5.08. The van der Waals surface area contributed by atoms with Crippen LogP contribution in [0.25, 0.3) is 0 Å². The third-order valence-corrected chi connectivity index (χ3v) is 1.76. The van der Waals surface area contributed by atoms with Gasteiger partial charge < -0.3 is 15.8 Å². The molecule has 0 radical (unpaired) electrons. The molecule has 1 fully saturated rings. The Balaban J connectivity index is 2.24. The van der Waals surface area contributed by atoms with Gasteiger partial charge in [-0.3, -0.25) is 0 Å². The lowest BCUT2D eigenvalue weighted by atomic mass is 9.98. The molecule has 0 amide bonds. The summed E-state index contributed by atoms with van der Waals surface area (Å²) < 4.78 is 5.51. The Morgan fingerprint density at radius 2 is 2.36 bits per heavy atom. The van der Waals surface area contributed by atoms with E-state index in [0.717, 1.165) is 26.1 Å². The molecule has 11 heavy (non-hydrogen) atoms. The Hall–Kier alpha value is -0.120. The maximum atomic E-state index is 5.86. The summed E-state index contributed by atoms with van der Waals surface area (Å²) in [7, 11) is 0. The molecule has 0 aromatic rings. The minimum absolute atomic E-state index is 0.107. The van der Waals surface area contributed by atoms with Gasteiger partial charge in [0.1, 0.15) is 0 Å². The van der Waals surface area contributed by atoms with E-state index in [4.69, 9.17) is 10.5 Å². The number of hydrogen-bond donors (Lipinski definition) is 2. The monoisotopic (exact) mass is 158 g/mol. The summed E-state index contributed by atoms with van der Waals surface area (Å²) in [5, 5.41) is 3.28. The molecule has 1 unspecified atom stereocenters. The second-order valence-electron chi connectivity index (χ2n) is 3.89. The smallest absolute Gasteiger partial charge is 0.0717 e. The summed E-state index contributed by atoms with van der Waals surface area (Å²) >= 11 is 0. The van der Waals surface area contributed by atoms with E-state index in [1.165, 1.54) is 0 Å². The van der Waals surface area contributed by atoms with Crippen LogP contribution in [-0.4, -0.2) is 31.3 Å². The van der Waals surface area contributed by atoms with Gasteiger partial charge in [-0.05, 0) is 20.3 Å². The zero-order chi connectivity index (χ0) is 8.32. The average Bonchev–Trinajstić information content (AvgIpc) is 1.85. The topological polar surface area (TPSA) is 47.3 Å². The molecule has 0 aliphatic carbocycles. The van der Waals surface area contributed by atoms with Crippen molar-refractivity contribution < 1.29 is 4.74 Å². The van der Waals surface area contributed by atoms with Crippen molar-refractivity contribution >= 4 is 0 Å². The van der Waals surface area contributed by atoms with Gasteiger partial charge in [-0.25, -0.2) is 0 Å². The lowest BCUT2D eigenvalue weighted by Crippen LogP contribution is -2.45. The van der Waals surface area contributed by atoms with Crippen LogP contribution >= 0.6 is 0 Å². The second-order valence-corrected chi connectivity index (χ2v) is 3.89. The van der Waals surface area contributed by atoms with Crippen molar-refractivity contribution in [1.82, 2.24) is 5.32 Å². The fraction of sp³-hybridized carbons (Fsp3) is 1.00. The van der Waals surface area contributed by atoms with Crippen LogP contribution in [0.3, 0.4) is 0 Å². The zero-order valence-corrected chi connectivity index (χ0v) is 7.39. The van der Waals surface area contributed by atoms with Crippen molar-refractivity contribution in [3.63, 3.8) is 0 Å². The molecule has 0 bridgehead atoms. The van der Waals surface area contributed by atoms with Crippen molar-refractivity contribution in [3.8, 4) is 0 Å². The Morgan fingerprint density at radius 3 is 2.82 bits per heavy atom. The molecule has 0 aromatic carbocycles. The van der Waals surface area contributed by atoms with E-state index in [2.05, 4.69) is 5.32 Å². The summed E-state index contributed by atoms with van der Waals surface area (Å²) in [4.78, 5) is 0. The number of ether oxygens (including phenoxy) is 1. The van der Waals surface area contributed by atoms with E-state index in [9.17, 15) is 0 Å². The predicted octanol–water partition coefficient (Wildman–Crippen LogP) is 0.102. The Kier molecular flexibility index (Phi) is 2.87. The predicted molar refractivity (Wildman–Crippen MR) is 45.5 cm³/mol. The van der Waals surface area contributed by atoms with Crippen LogP contribution < -0.4 is 11.1 Å². The van der Waals surface area contributed by atoms with Gasteiger partial charge in [-0.2, -0.15) is 0 Å². The molecule has 1 aliphatic rings. The van der Waals surface area contributed by atoms with Crippen LogP contribution in [0, 0.1) is 0 Å². The van der Waals surface area contributed by atoms with Gasteiger partial charge in [-0.15, -0.1) is 0 Å². The molecule has 3 nitrogen and oxygen atoms in total. The van der Waals surface area contributed by atoms with Crippen LogP contribution in [0.15, 0.2) is 0 Å². The van der Waals surface area contributed by atoms with Crippen molar-refractivity contribution in [2.24, 2.45) is 5.73 Å². The normalized spacial score (nSPS) is 27.0. The van der Waals surface area contributed by atoms with Crippen LogP contribution in [-0.2, 0) is 4.74 Å². The number of rotatable bonds is 2. The first kappa shape index (κ1) is 8.97. The quantitative estimate of drug-likeness (QED) is 0.599. The van der Waals surface area contributed by atoms with E-state index in [1.54, 1.807) is 0 Å². The number of morpholine rings is 1. The van der Waals surface area contributed by atoms with Gasteiger partial charge in [0.05, 0.1) is 12.7 Å². The Labute approximate surface area is 68.3 Å². The SMILES string of the molecule is CC(C)(N)CC1CNCCO1. The molecule has 1 saturated heterocycles. The van der Waals surface area contributed by atoms with Crippen molar-refractivity contribution in [3.05, 3.63) is 0 Å². The molecule has 3 heteroatoms. The lowest BCUT2D eigenvalue weighted by molar-refractivity contribution is 0.0130. The first-order valence-corrected chi connectivity index (χ1v) is 4.19. The maximum Gasteiger partial charge on any atom is 0.0717 e. The van der Waals surface area contributed by atoms with E-state index in [0.29, 0.717) is 6.10 Å². The number of hydrogen-bond acceptors (Lipinski definition) is 3. The van der Waals surface area contributed by atoms with Crippen LogP contribution in [0.5, 0.6) is 0 Å². The Bertz CT molecular complexity index is 114. The summed E-state index contributed by atoms with van der Waals surface area (Å²) in [6, 6.07) is 0. The first-order valence-electron chi connectivity index (χ1n) is 4.19. The second kappa shape index (κ2) is 3.52. The minimum Gasteiger partial charge on any atom is -0.376 e. The highest BCUT2D eigenvalue weighted by molar-refractivity contribution is 4.79. The fourth-order valence-electron chi connectivity index (χ4n) is 1.34. The molecular weight excluding hydrogens is 140 g/mol. The van der Waals surface area contributed by atoms with Crippen molar-refractivity contribution in [2.75, 3.05) is 19.7 Å². The minimum atomic E-state index is -0.107. The molecule has 0 aromatic heterocycles. The van der Waals surface area contributed by atoms with Gasteiger partial charge in [0, 0.05) is 18.6 Å². The van der Waals surface area contributed by atoms with Gasteiger partial charge in [-0.1, -0.05) is 0 Å². The van der Waals surface area contributed by atoms with Crippen LogP contribution in [0.2, 0.25) is 0 Å². The summed E-state index contributed by atoms with van der Waals surface area (Å²) in [5.41, 5.74) is 5.75. The highest BCUT2D eigenvalue weighted by atomic mass is 16.5. The molecule has 66 valence electrons. The highest BCUT2D eigenvalue weighted by Gasteiger charge is 2.21. The van der Waals surface area contributed by atoms with Crippen molar-refractivity contribution in [1.29, 1.82) is 0 Å². The summed E-state index contributed by atoms with van der Waals surface area (Å²) in [6.45, 7) is 6.80. The van der Waals surface area contributed by atoms with Crippen LogP contribution in [0.1, 0.15) is 20.3 Å². The third kappa shape index (κ3) is 3.70. The molecule has 1 aliphatic heterocycles. The van der Waals surface area contributed by atoms with Crippen LogP contribution in [0.4, 0.5) is 0 Å². The standard InChI is InChI=1S/C8H18N2O/c1-8(2,9)5-7-6-10-3-4-11-7/h7,10H,3-6,9H2,1-2H3. The Morgan fingerprint density at radius 1 is 1.64 bits per heavy atom. The molecule has 1 rings (SSSR count). The molecule has 3 N–H and O–H groups in total. The van der Waals surface area contributed by atoms with Crippen molar-refractivity contribution in [2.45, 2.75) is 31.9 Å². The zero-order valence-electron chi connectivity index (χ0n) is 7.39. The number of nitrogens with one attached hydrogen (secondary N) is 1. The van der Waals surface area contributed by atoms with Gasteiger partial charge >= 0.3 is 0 Å². The maximum absolute atomic E-state index is 5.86. The summed E-state index contributed by atoms with van der Waals surface area (Å²) in [6.07, 6.45) is 1.24. The highest BCUT2D eigenvalue weighted by Crippen LogP contribution is 2.11. The largest absolute Gasteiger partial charge is 0.376 e. The average molecular weight is 158 g/mol. The lowest BCUT2D eigenvalue weighted by Gasteiger charge is -2.29. The van der Waals surface area contributed by atoms with E-state index in [1.807, 2.05) is 13.8 Å². The molecule has 0 saturated carbocycles. The summed E-state index contributed by atoms with van der Waals surface area (Å²) in [5.74, 6) is 0. The molecule has 1 heterocycles. The van der Waals surface area contributed by atoms with E-state index in [-0.39, 0.29) is 5.54 Å². The van der Waals surface area contributed by atoms with Gasteiger partial charge in [0.2, 0.25) is 0 Å². The molecule has 0 spiro atoms. The molecular formula is C8H18N2O.